The van der Waals surface area contributed by atoms with Crippen LogP contribution >= 0.6 is 0 Å². The van der Waals surface area contributed by atoms with Gasteiger partial charge < -0.3 is 15.1 Å². The molecular formula is C16H25N3O3. The van der Waals surface area contributed by atoms with E-state index in [0.717, 1.165) is 32.2 Å². The molecule has 3 fully saturated rings. The molecule has 1 N–H and O–H groups in total. The SMILES string of the molecule is CC(=O)N1CCC(C(=O)NCC2CC(=O)N(C3CC3)C2)CC1. The molecule has 3 amide bonds. The highest BCUT2D eigenvalue weighted by Gasteiger charge is 2.39. The number of carbonyl (C=O) groups excluding carboxylic acids is 3. The van der Waals surface area contributed by atoms with Gasteiger partial charge >= 0.3 is 0 Å². The molecule has 1 atom stereocenters. The maximum Gasteiger partial charge on any atom is 0.223 e. The number of rotatable bonds is 4. The smallest absolute Gasteiger partial charge is 0.223 e. The van der Waals surface area contributed by atoms with Crippen LogP contribution in [0.4, 0.5) is 0 Å². The Bertz CT molecular complexity index is 467. The zero-order valence-corrected chi connectivity index (χ0v) is 13.2. The van der Waals surface area contributed by atoms with Crippen LogP contribution in [0.5, 0.6) is 0 Å². The molecule has 0 aromatic heterocycles. The largest absolute Gasteiger partial charge is 0.356 e. The second kappa shape index (κ2) is 6.26. The van der Waals surface area contributed by atoms with Gasteiger partial charge in [-0.1, -0.05) is 0 Å². The van der Waals surface area contributed by atoms with Crippen molar-refractivity contribution in [3.8, 4) is 0 Å². The summed E-state index contributed by atoms with van der Waals surface area (Å²) in [6.07, 6.45) is 4.32. The zero-order chi connectivity index (χ0) is 15.7. The second-order valence-electron chi connectivity index (χ2n) is 6.87. The number of carbonyl (C=O) groups is 3. The number of hydrogen-bond donors (Lipinski definition) is 1. The van der Waals surface area contributed by atoms with Crippen LogP contribution in [0.15, 0.2) is 0 Å². The van der Waals surface area contributed by atoms with Crippen molar-refractivity contribution in [2.75, 3.05) is 26.2 Å². The quantitative estimate of drug-likeness (QED) is 0.816. The van der Waals surface area contributed by atoms with Gasteiger partial charge in [-0.2, -0.15) is 0 Å². The van der Waals surface area contributed by atoms with Crippen molar-refractivity contribution in [1.82, 2.24) is 15.1 Å². The average molecular weight is 307 g/mol. The highest BCUT2D eigenvalue weighted by molar-refractivity contribution is 5.81. The first-order valence-corrected chi connectivity index (χ1v) is 8.37. The van der Waals surface area contributed by atoms with Crippen LogP contribution < -0.4 is 5.32 Å². The maximum absolute atomic E-state index is 12.2. The Morgan fingerprint density at radius 3 is 2.45 bits per heavy atom. The van der Waals surface area contributed by atoms with E-state index in [1.54, 1.807) is 11.8 Å². The van der Waals surface area contributed by atoms with Crippen molar-refractivity contribution in [3.63, 3.8) is 0 Å². The predicted molar refractivity (Wildman–Crippen MR) is 80.8 cm³/mol. The van der Waals surface area contributed by atoms with Crippen LogP contribution in [-0.4, -0.2) is 59.7 Å². The molecule has 0 bridgehead atoms. The molecule has 3 aliphatic rings. The summed E-state index contributed by atoms with van der Waals surface area (Å²) in [6, 6.07) is 0.476. The molecule has 6 nitrogen and oxygen atoms in total. The van der Waals surface area contributed by atoms with Crippen molar-refractivity contribution in [3.05, 3.63) is 0 Å². The van der Waals surface area contributed by atoms with E-state index in [2.05, 4.69) is 5.32 Å². The summed E-state index contributed by atoms with van der Waals surface area (Å²) in [5.74, 6) is 0.683. The molecule has 6 heteroatoms. The van der Waals surface area contributed by atoms with Gasteiger partial charge in [-0.05, 0) is 25.7 Å². The van der Waals surface area contributed by atoms with E-state index in [1.807, 2.05) is 4.90 Å². The van der Waals surface area contributed by atoms with E-state index < -0.39 is 0 Å². The van der Waals surface area contributed by atoms with Crippen LogP contribution in [0, 0.1) is 11.8 Å². The van der Waals surface area contributed by atoms with Crippen molar-refractivity contribution < 1.29 is 14.4 Å². The molecule has 2 saturated heterocycles. The highest BCUT2D eigenvalue weighted by atomic mass is 16.2. The normalized spacial score (nSPS) is 26.4. The average Bonchev–Trinajstić information content (AvgIpc) is 3.28. The lowest BCUT2D eigenvalue weighted by atomic mass is 9.95. The molecule has 2 aliphatic heterocycles. The minimum Gasteiger partial charge on any atom is -0.356 e. The number of nitrogens with zero attached hydrogens (tertiary/aromatic N) is 2. The number of amides is 3. The van der Waals surface area contributed by atoms with Gasteiger partial charge in [-0.15, -0.1) is 0 Å². The number of hydrogen-bond acceptors (Lipinski definition) is 3. The van der Waals surface area contributed by atoms with Gasteiger partial charge in [-0.3, -0.25) is 14.4 Å². The fourth-order valence-electron chi connectivity index (χ4n) is 3.53. The predicted octanol–water partition coefficient (Wildman–Crippen LogP) is 0.372. The van der Waals surface area contributed by atoms with Crippen molar-refractivity contribution >= 4 is 17.7 Å². The van der Waals surface area contributed by atoms with Gasteiger partial charge in [-0.25, -0.2) is 0 Å². The van der Waals surface area contributed by atoms with Gasteiger partial charge in [0.15, 0.2) is 0 Å². The summed E-state index contributed by atoms with van der Waals surface area (Å²) >= 11 is 0. The molecule has 0 aromatic rings. The van der Waals surface area contributed by atoms with Gasteiger partial charge in [0.25, 0.3) is 0 Å². The third-order valence-corrected chi connectivity index (χ3v) is 5.10. The van der Waals surface area contributed by atoms with E-state index in [9.17, 15) is 14.4 Å². The first kappa shape index (κ1) is 15.3. The summed E-state index contributed by atoms with van der Waals surface area (Å²) in [6.45, 7) is 4.31. The lowest BCUT2D eigenvalue weighted by Gasteiger charge is -2.30. The number of likely N-dealkylation sites (tertiary alicyclic amines) is 2. The van der Waals surface area contributed by atoms with E-state index in [-0.39, 0.29) is 29.6 Å². The monoisotopic (exact) mass is 307 g/mol. The van der Waals surface area contributed by atoms with Crippen LogP contribution in [0.2, 0.25) is 0 Å². The Balaban J connectivity index is 1.39. The Morgan fingerprint density at radius 1 is 1.18 bits per heavy atom. The lowest BCUT2D eigenvalue weighted by molar-refractivity contribution is -0.134. The van der Waals surface area contributed by atoms with Crippen molar-refractivity contribution in [1.29, 1.82) is 0 Å². The fraction of sp³-hybridized carbons (Fsp3) is 0.812. The number of piperidine rings is 1. The minimum atomic E-state index is 0.00670. The molecule has 0 spiro atoms. The van der Waals surface area contributed by atoms with Gasteiger partial charge in [0.2, 0.25) is 17.7 Å². The summed E-state index contributed by atoms with van der Waals surface area (Å²) in [5.41, 5.74) is 0. The molecular weight excluding hydrogens is 282 g/mol. The second-order valence-corrected chi connectivity index (χ2v) is 6.87. The molecule has 3 rings (SSSR count). The van der Waals surface area contributed by atoms with E-state index in [1.165, 1.54) is 0 Å². The van der Waals surface area contributed by atoms with Crippen LogP contribution in [0.1, 0.15) is 39.0 Å². The molecule has 22 heavy (non-hydrogen) atoms. The van der Waals surface area contributed by atoms with Crippen LogP contribution in [0.3, 0.4) is 0 Å². The number of nitrogens with one attached hydrogen (secondary N) is 1. The van der Waals surface area contributed by atoms with Gasteiger partial charge in [0.1, 0.15) is 0 Å². The van der Waals surface area contributed by atoms with E-state index in [4.69, 9.17) is 0 Å². The summed E-state index contributed by atoms with van der Waals surface area (Å²) < 4.78 is 0. The Labute approximate surface area is 131 Å². The third-order valence-electron chi connectivity index (χ3n) is 5.10. The first-order valence-electron chi connectivity index (χ1n) is 8.37. The van der Waals surface area contributed by atoms with Crippen molar-refractivity contribution in [2.45, 2.75) is 45.1 Å². The summed E-state index contributed by atoms with van der Waals surface area (Å²) in [7, 11) is 0. The van der Waals surface area contributed by atoms with Gasteiger partial charge in [0, 0.05) is 57.4 Å². The molecule has 122 valence electrons. The zero-order valence-electron chi connectivity index (χ0n) is 13.2. The standard InChI is InChI=1S/C16H25N3O3/c1-11(20)18-6-4-13(5-7-18)16(22)17-9-12-8-15(21)19(10-12)14-2-3-14/h12-14H,2-10H2,1H3,(H,17,22). The van der Waals surface area contributed by atoms with Crippen LogP contribution in [-0.2, 0) is 14.4 Å². The molecule has 1 aliphatic carbocycles. The van der Waals surface area contributed by atoms with Gasteiger partial charge in [0.05, 0.1) is 0 Å². The topological polar surface area (TPSA) is 69.7 Å². The Morgan fingerprint density at radius 2 is 1.86 bits per heavy atom. The fourth-order valence-corrected chi connectivity index (χ4v) is 3.53. The maximum atomic E-state index is 12.2. The Hall–Kier alpha value is -1.59. The summed E-state index contributed by atoms with van der Waals surface area (Å²) in [5, 5.41) is 3.02. The Kier molecular flexibility index (Phi) is 4.36. The molecule has 2 heterocycles. The summed E-state index contributed by atoms with van der Waals surface area (Å²) in [4.78, 5) is 39.2. The lowest BCUT2D eigenvalue weighted by Crippen LogP contribution is -2.43. The molecule has 1 saturated carbocycles. The highest BCUT2D eigenvalue weighted by Crippen LogP contribution is 2.32. The molecule has 0 radical (unpaired) electrons. The minimum absolute atomic E-state index is 0.00670. The third kappa shape index (κ3) is 3.42. The molecule has 0 aromatic carbocycles. The van der Waals surface area contributed by atoms with Crippen LogP contribution in [0.25, 0.3) is 0 Å². The van der Waals surface area contributed by atoms with E-state index in [0.29, 0.717) is 32.1 Å². The van der Waals surface area contributed by atoms with E-state index >= 15 is 0 Å². The molecule has 1 unspecified atom stereocenters. The first-order chi connectivity index (χ1) is 10.5. The van der Waals surface area contributed by atoms with Crippen molar-refractivity contribution in [2.24, 2.45) is 11.8 Å².